The second-order valence-corrected chi connectivity index (χ2v) is 7.31. The third kappa shape index (κ3) is 3.74. The van der Waals surface area contributed by atoms with Crippen molar-refractivity contribution in [2.75, 3.05) is 19.7 Å². The lowest BCUT2D eigenvalue weighted by molar-refractivity contribution is -0.000508. The van der Waals surface area contributed by atoms with E-state index in [1.54, 1.807) is 18.2 Å². The van der Waals surface area contributed by atoms with Gasteiger partial charge in [0.1, 0.15) is 10.7 Å². The molecule has 7 heteroatoms. The van der Waals surface area contributed by atoms with Crippen LogP contribution < -0.4 is 0 Å². The Morgan fingerprint density at radius 1 is 1.26 bits per heavy atom. The van der Waals surface area contributed by atoms with Gasteiger partial charge < -0.3 is 4.74 Å². The van der Waals surface area contributed by atoms with E-state index in [1.165, 1.54) is 34.9 Å². The molecule has 0 saturated carbocycles. The summed E-state index contributed by atoms with van der Waals surface area (Å²) < 4.78 is 45.2. The van der Waals surface area contributed by atoms with Crippen LogP contribution in [0.1, 0.15) is 5.56 Å². The molecule has 1 fully saturated rings. The number of hydrogen-bond donors (Lipinski definition) is 0. The summed E-state index contributed by atoms with van der Waals surface area (Å²) in [7, 11) is -3.56. The van der Waals surface area contributed by atoms with Crippen LogP contribution in [0.3, 0.4) is 0 Å². The fraction of sp³-hybridized carbons (Fsp3) is 0.312. The fourth-order valence-electron chi connectivity index (χ4n) is 2.57. The van der Waals surface area contributed by atoms with Crippen molar-refractivity contribution in [2.24, 2.45) is 0 Å². The molecule has 3 rings (SSSR count). The highest BCUT2D eigenvalue weighted by atomic mass is 32.2. The summed E-state index contributed by atoms with van der Waals surface area (Å²) in [6.07, 6.45) is 3.18. The van der Waals surface area contributed by atoms with Crippen molar-refractivity contribution in [1.82, 2.24) is 9.29 Å². The van der Waals surface area contributed by atoms with Gasteiger partial charge in [-0.3, -0.25) is 4.98 Å². The molecule has 0 aliphatic carbocycles. The van der Waals surface area contributed by atoms with Gasteiger partial charge in [-0.25, -0.2) is 12.8 Å². The summed E-state index contributed by atoms with van der Waals surface area (Å²) >= 11 is 0. The number of nitrogens with zero attached hydrogens (tertiary/aromatic N) is 2. The van der Waals surface area contributed by atoms with Gasteiger partial charge in [0.25, 0.3) is 0 Å². The first-order chi connectivity index (χ1) is 11.1. The van der Waals surface area contributed by atoms with Crippen LogP contribution >= 0.6 is 0 Å². The van der Waals surface area contributed by atoms with Crippen LogP contribution in [0.25, 0.3) is 0 Å². The molecule has 122 valence electrons. The van der Waals surface area contributed by atoms with Crippen LogP contribution in [0.2, 0.25) is 0 Å². The molecule has 1 saturated heterocycles. The van der Waals surface area contributed by atoms with Gasteiger partial charge in [0.2, 0.25) is 10.0 Å². The van der Waals surface area contributed by atoms with Crippen molar-refractivity contribution in [2.45, 2.75) is 17.4 Å². The van der Waals surface area contributed by atoms with E-state index < -0.39 is 10.0 Å². The van der Waals surface area contributed by atoms with Crippen molar-refractivity contribution in [3.63, 3.8) is 0 Å². The van der Waals surface area contributed by atoms with Gasteiger partial charge in [-0.05, 0) is 36.2 Å². The second kappa shape index (κ2) is 6.74. The highest BCUT2D eigenvalue weighted by molar-refractivity contribution is 7.89. The van der Waals surface area contributed by atoms with Crippen LogP contribution in [0, 0.1) is 5.82 Å². The Bertz CT molecular complexity index is 751. The van der Waals surface area contributed by atoms with Gasteiger partial charge >= 0.3 is 0 Å². The predicted octanol–water partition coefficient (Wildman–Crippen LogP) is 1.85. The average Bonchev–Trinajstić information content (AvgIpc) is 2.58. The molecule has 23 heavy (non-hydrogen) atoms. The van der Waals surface area contributed by atoms with E-state index in [1.807, 2.05) is 0 Å². The summed E-state index contributed by atoms with van der Waals surface area (Å²) in [5.41, 5.74) is 0.914. The highest BCUT2D eigenvalue weighted by Gasteiger charge is 2.30. The molecular weight excluding hydrogens is 319 g/mol. The monoisotopic (exact) mass is 336 g/mol. The number of benzene rings is 1. The van der Waals surface area contributed by atoms with Gasteiger partial charge in [0.15, 0.2) is 0 Å². The Morgan fingerprint density at radius 3 is 2.74 bits per heavy atom. The van der Waals surface area contributed by atoms with E-state index in [-0.39, 0.29) is 23.4 Å². The lowest BCUT2D eigenvalue weighted by Crippen LogP contribution is -2.46. The highest BCUT2D eigenvalue weighted by Crippen LogP contribution is 2.19. The SMILES string of the molecule is O=S(=O)(c1cccnc1)N1CCO[C@H](Cc2ccc(F)cc2)C1. The fourth-order valence-corrected chi connectivity index (χ4v) is 3.99. The van der Waals surface area contributed by atoms with Crippen molar-refractivity contribution >= 4 is 10.0 Å². The van der Waals surface area contributed by atoms with E-state index in [0.717, 1.165) is 5.56 Å². The molecule has 0 bridgehead atoms. The van der Waals surface area contributed by atoms with Gasteiger partial charge in [0, 0.05) is 25.5 Å². The molecule has 1 aliphatic heterocycles. The maximum absolute atomic E-state index is 12.9. The average molecular weight is 336 g/mol. The zero-order valence-electron chi connectivity index (χ0n) is 12.4. The van der Waals surface area contributed by atoms with Crippen LogP contribution in [0.5, 0.6) is 0 Å². The Hall–Kier alpha value is -1.83. The minimum atomic E-state index is -3.56. The minimum absolute atomic E-state index is 0.183. The first kappa shape index (κ1) is 16.0. The molecular formula is C16H17FN2O3S. The molecule has 0 N–H and O–H groups in total. The molecule has 1 atom stereocenters. The molecule has 2 heterocycles. The van der Waals surface area contributed by atoms with Crippen LogP contribution in [-0.4, -0.2) is 43.5 Å². The number of hydrogen-bond acceptors (Lipinski definition) is 4. The summed E-state index contributed by atoms with van der Waals surface area (Å²) in [6, 6.07) is 9.29. The third-order valence-electron chi connectivity index (χ3n) is 3.75. The molecule has 0 radical (unpaired) electrons. The molecule has 0 amide bonds. The number of rotatable bonds is 4. The smallest absolute Gasteiger partial charge is 0.244 e. The Morgan fingerprint density at radius 2 is 2.04 bits per heavy atom. The summed E-state index contributed by atoms with van der Waals surface area (Å²) in [6.45, 7) is 0.928. The topological polar surface area (TPSA) is 59.5 Å². The van der Waals surface area contributed by atoms with E-state index in [0.29, 0.717) is 19.6 Å². The number of ether oxygens (including phenoxy) is 1. The molecule has 0 unspecified atom stereocenters. The maximum Gasteiger partial charge on any atom is 0.244 e. The summed E-state index contributed by atoms with van der Waals surface area (Å²) in [5, 5.41) is 0. The van der Waals surface area contributed by atoms with Gasteiger partial charge in [-0.1, -0.05) is 12.1 Å². The molecule has 1 aliphatic rings. The van der Waals surface area contributed by atoms with Gasteiger partial charge in [-0.2, -0.15) is 4.31 Å². The number of aromatic nitrogens is 1. The van der Waals surface area contributed by atoms with Crippen molar-refractivity contribution in [3.8, 4) is 0 Å². The third-order valence-corrected chi connectivity index (χ3v) is 5.60. The first-order valence-corrected chi connectivity index (χ1v) is 8.76. The first-order valence-electron chi connectivity index (χ1n) is 7.32. The molecule has 2 aromatic rings. The van der Waals surface area contributed by atoms with E-state index in [4.69, 9.17) is 4.74 Å². The zero-order valence-corrected chi connectivity index (χ0v) is 13.2. The molecule has 1 aromatic carbocycles. The maximum atomic E-state index is 12.9. The van der Waals surface area contributed by atoms with E-state index >= 15 is 0 Å². The largest absolute Gasteiger partial charge is 0.375 e. The zero-order chi connectivity index (χ0) is 16.3. The van der Waals surface area contributed by atoms with Crippen molar-refractivity contribution < 1.29 is 17.5 Å². The number of morpholine rings is 1. The van der Waals surface area contributed by atoms with E-state index in [9.17, 15) is 12.8 Å². The van der Waals surface area contributed by atoms with Crippen molar-refractivity contribution in [3.05, 3.63) is 60.2 Å². The molecule has 1 aromatic heterocycles. The summed E-state index contributed by atoms with van der Waals surface area (Å²) in [4.78, 5) is 4.05. The predicted molar refractivity (Wildman–Crippen MR) is 82.8 cm³/mol. The number of halogens is 1. The quantitative estimate of drug-likeness (QED) is 0.855. The number of pyridine rings is 1. The van der Waals surface area contributed by atoms with Crippen LogP contribution in [-0.2, 0) is 21.2 Å². The van der Waals surface area contributed by atoms with Crippen LogP contribution in [0.15, 0.2) is 53.7 Å². The molecule has 0 spiro atoms. The second-order valence-electron chi connectivity index (χ2n) is 5.38. The summed E-state index contributed by atoms with van der Waals surface area (Å²) in [5.74, 6) is -0.293. The minimum Gasteiger partial charge on any atom is -0.375 e. The van der Waals surface area contributed by atoms with Crippen LogP contribution in [0.4, 0.5) is 4.39 Å². The Kier molecular flexibility index (Phi) is 4.70. The molecule has 5 nitrogen and oxygen atoms in total. The lowest BCUT2D eigenvalue weighted by atomic mass is 10.1. The Labute approximate surface area is 134 Å². The normalized spacial score (nSPS) is 19.6. The number of sulfonamides is 1. The van der Waals surface area contributed by atoms with Gasteiger partial charge in [-0.15, -0.1) is 0 Å². The van der Waals surface area contributed by atoms with Gasteiger partial charge in [0.05, 0.1) is 12.7 Å². The lowest BCUT2D eigenvalue weighted by Gasteiger charge is -2.32. The standard InChI is InChI=1S/C16H17FN2O3S/c17-14-5-3-13(4-6-14)10-15-12-19(8-9-22-15)23(20,21)16-2-1-7-18-11-16/h1-7,11,15H,8-10,12H2/t15-/m1/s1. The van der Waals surface area contributed by atoms with E-state index in [2.05, 4.69) is 4.98 Å². The Balaban J connectivity index is 1.72. The van der Waals surface area contributed by atoms with Crippen molar-refractivity contribution in [1.29, 1.82) is 0 Å².